The predicted molar refractivity (Wildman–Crippen MR) is 144 cm³/mol. The number of aliphatic imine (C=N–C) groups is 2. The zero-order valence-corrected chi connectivity index (χ0v) is 19.4. The summed E-state index contributed by atoms with van der Waals surface area (Å²) in [5, 5.41) is 5.92. The van der Waals surface area contributed by atoms with Crippen LogP contribution in [0.25, 0.3) is 21.9 Å². The van der Waals surface area contributed by atoms with Gasteiger partial charge in [-0.3, -0.25) is 4.98 Å². The number of nitrogens with one attached hydrogen (secondary N) is 1. The summed E-state index contributed by atoms with van der Waals surface area (Å²) in [7, 11) is 0. The van der Waals surface area contributed by atoms with Crippen LogP contribution in [-0.4, -0.2) is 16.7 Å². The number of fused-ring (bicyclic) bond motifs is 1. The summed E-state index contributed by atoms with van der Waals surface area (Å²) in [5.74, 6) is 1.55. The predicted octanol–water partition coefficient (Wildman–Crippen LogP) is 6.71. The number of rotatable bonds is 4. The van der Waals surface area contributed by atoms with Crippen molar-refractivity contribution in [3.63, 3.8) is 0 Å². The summed E-state index contributed by atoms with van der Waals surface area (Å²) in [5.41, 5.74) is 6.53. The van der Waals surface area contributed by atoms with Crippen LogP contribution in [-0.2, 0) is 0 Å². The quantitative estimate of drug-likeness (QED) is 0.330. The third kappa shape index (κ3) is 4.22. The molecule has 0 bridgehead atoms. The molecule has 0 amide bonds. The van der Waals surface area contributed by atoms with Crippen LogP contribution in [0, 0.1) is 6.92 Å². The first-order chi connectivity index (χ1) is 17.2. The Morgan fingerprint density at radius 3 is 2.11 bits per heavy atom. The van der Waals surface area contributed by atoms with Gasteiger partial charge in [-0.2, -0.15) is 0 Å². The largest absolute Gasteiger partial charge is 0.344 e. The summed E-state index contributed by atoms with van der Waals surface area (Å²) in [6, 6.07) is 37.6. The Morgan fingerprint density at radius 1 is 0.657 bits per heavy atom. The number of benzene rings is 4. The van der Waals surface area contributed by atoms with Gasteiger partial charge in [-0.25, -0.2) is 9.98 Å². The molecule has 0 radical (unpaired) electrons. The summed E-state index contributed by atoms with van der Waals surface area (Å²) < 4.78 is 0. The van der Waals surface area contributed by atoms with E-state index in [9.17, 15) is 0 Å². The van der Waals surface area contributed by atoms with E-state index in [1.165, 1.54) is 16.3 Å². The maximum absolute atomic E-state index is 4.91. The molecule has 1 aliphatic heterocycles. The van der Waals surface area contributed by atoms with Crippen molar-refractivity contribution < 1.29 is 0 Å². The number of hydrogen-bond donors (Lipinski definition) is 1. The molecule has 35 heavy (non-hydrogen) atoms. The molecule has 0 spiro atoms. The van der Waals surface area contributed by atoms with E-state index in [0.29, 0.717) is 0 Å². The fourth-order valence-electron chi connectivity index (χ4n) is 4.45. The lowest BCUT2D eigenvalue weighted by Gasteiger charge is -2.23. The number of nitrogens with zero attached hydrogens (tertiary/aromatic N) is 3. The minimum absolute atomic E-state index is 0.198. The van der Waals surface area contributed by atoms with E-state index in [-0.39, 0.29) is 6.17 Å². The zero-order valence-electron chi connectivity index (χ0n) is 19.4. The van der Waals surface area contributed by atoms with Crippen LogP contribution in [0.2, 0.25) is 0 Å². The number of hydrogen-bond acceptors (Lipinski definition) is 4. The number of amidine groups is 2. The van der Waals surface area contributed by atoms with Crippen molar-refractivity contribution in [3.05, 3.63) is 138 Å². The number of pyridine rings is 1. The Balaban J connectivity index is 1.35. The fourth-order valence-corrected chi connectivity index (χ4v) is 4.45. The summed E-state index contributed by atoms with van der Waals surface area (Å²) >= 11 is 0. The van der Waals surface area contributed by atoms with Gasteiger partial charge < -0.3 is 5.32 Å². The average molecular weight is 453 g/mol. The summed E-state index contributed by atoms with van der Waals surface area (Å²) in [4.78, 5) is 14.2. The molecule has 1 aromatic heterocycles. The zero-order chi connectivity index (χ0) is 23.6. The van der Waals surface area contributed by atoms with Crippen molar-refractivity contribution in [2.24, 2.45) is 9.98 Å². The maximum atomic E-state index is 4.91. The van der Waals surface area contributed by atoms with Crippen molar-refractivity contribution >= 4 is 22.4 Å². The van der Waals surface area contributed by atoms with Crippen molar-refractivity contribution in [2.75, 3.05) is 0 Å². The van der Waals surface area contributed by atoms with E-state index < -0.39 is 0 Å². The van der Waals surface area contributed by atoms with Gasteiger partial charge in [-0.1, -0.05) is 97.1 Å². The highest BCUT2D eigenvalue weighted by Gasteiger charge is 2.20. The lowest BCUT2D eigenvalue weighted by Crippen LogP contribution is -2.33. The van der Waals surface area contributed by atoms with Gasteiger partial charge in [0.1, 0.15) is 12.0 Å². The number of aromatic nitrogens is 1. The highest BCUT2D eigenvalue weighted by molar-refractivity contribution is 6.13. The van der Waals surface area contributed by atoms with Crippen molar-refractivity contribution in [3.8, 4) is 11.1 Å². The van der Waals surface area contributed by atoms with Crippen molar-refractivity contribution in [1.82, 2.24) is 10.3 Å². The van der Waals surface area contributed by atoms with E-state index in [1.54, 1.807) is 0 Å². The van der Waals surface area contributed by atoms with E-state index in [2.05, 4.69) is 71.0 Å². The van der Waals surface area contributed by atoms with E-state index in [0.717, 1.165) is 39.6 Å². The molecule has 6 rings (SSSR count). The van der Waals surface area contributed by atoms with Gasteiger partial charge in [0.25, 0.3) is 0 Å². The molecule has 4 aromatic carbocycles. The average Bonchev–Trinajstić information content (AvgIpc) is 2.94. The number of aryl methyl sites for hydroxylation is 1. The van der Waals surface area contributed by atoms with Crippen LogP contribution in [0.15, 0.2) is 125 Å². The monoisotopic (exact) mass is 452 g/mol. The molecule has 4 heteroatoms. The molecule has 0 aliphatic carbocycles. The van der Waals surface area contributed by atoms with Crippen molar-refractivity contribution in [2.45, 2.75) is 13.1 Å². The first kappa shape index (κ1) is 21.0. The van der Waals surface area contributed by atoms with Gasteiger partial charge in [0.15, 0.2) is 5.84 Å². The van der Waals surface area contributed by atoms with Crippen LogP contribution in [0.3, 0.4) is 0 Å². The minimum Gasteiger partial charge on any atom is -0.344 e. The first-order valence-corrected chi connectivity index (χ1v) is 11.7. The van der Waals surface area contributed by atoms with Crippen molar-refractivity contribution in [1.29, 1.82) is 0 Å². The molecule has 0 fully saturated rings. The van der Waals surface area contributed by atoms with Gasteiger partial charge in [-0.05, 0) is 41.1 Å². The molecule has 4 nitrogen and oxygen atoms in total. The first-order valence-electron chi connectivity index (χ1n) is 11.7. The molecule has 0 saturated heterocycles. The van der Waals surface area contributed by atoms with Gasteiger partial charge in [0.05, 0.1) is 0 Å². The molecule has 2 heterocycles. The van der Waals surface area contributed by atoms with Crippen LogP contribution < -0.4 is 5.32 Å². The standard InChI is InChI=1S/C31H24N4/c1-21-28-17-16-26(20-27(28)18-19-32-21)22-12-14-25(15-13-22)31-34-29(23-8-4-2-5-9-23)33-30(35-31)24-10-6-3-7-11-24/h2-20,29H,1H3,(H,33,34,35). The van der Waals surface area contributed by atoms with Crippen LogP contribution in [0.5, 0.6) is 0 Å². The molecule has 1 atom stereocenters. The molecule has 168 valence electrons. The van der Waals surface area contributed by atoms with Gasteiger partial charge in [0, 0.05) is 28.4 Å². The van der Waals surface area contributed by atoms with Gasteiger partial charge in [-0.15, -0.1) is 0 Å². The molecule has 1 unspecified atom stereocenters. The molecule has 5 aromatic rings. The smallest absolute Gasteiger partial charge is 0.159 e. The summed E-state index contributed by atoms with van der Waals surface area (Å²) in [6.45, 7) is 2.05. The van der Waals surface area contributed by atoms with Gasteiger partial charge >= 0.3 is 0 Å². The molecule has 0 saturated carbocycles. The Hall–Kier alpha value is -4.57. The highest BCUT2D eigenvalue weighted by atomic mass is 15.2. The molecule has 1 aliphatic rings. The Labute approximate surface area is 204 Å². The SMILES string of the molecule is Cc1nccc2cc(-c3ccc(C4=NC(c5ccccc5)=NC(c5ccccc5)N4)cc3)ccc12. The molecular weight excluding hydrogens is 428 g/mol. The lowest BCUT2D eigenvalue weighted by molar-refractivity contribution is 0.674. The van der Waals surface area contributed by atoms with Gasteiger partial charge in [0.2, 0.25) is 0 Å². The maximum Gasteiger partial charge on any atom is 0.159 e. The van der Waals surface area contributed by atoms with E-state index in [1.807, 2.05) is 61.7 Å². The second-order valence-electron chi connectivity index (χ2n) is 8.65. The Bertz CT molecular complexity index is 1550. The molecular formula is C31H24N4. The Kier molecular flexibility index (Phi) is 5.39. The fraction of sp³-hybridized carbons (Fsp3) is 0.0645. The summed E-state index contributed by atoms with van der Waals surface area (Å²) in [6.07, 6.45) is 1.67. The van der Waals surface area contributed by atoms with E-state index >= 15 is 0 Å². The third-order valence-corrected chi connectivity index (χ3v) is 6.35. The van der Waals surface area contributed by atoms with Crippen LogP contribution in [0.1, 0.15) is 28.6 Å². The normalized spacial score (nSPS) is 15.3. The highest BCUT2D eigenvalue weighted by Crippen LogP contribution is 2.27. The minimum atomic E-state index is -0.198. The van der Waals surface area contributed by atoms with Crippen LogP contribution in [0.4, 0.5) is 0 Å². The topological polar surface area (TPSA) is 49.6 Å². The third-order valence-electron chi connectivity index (χ3n) is 6.35. The van der Waals surface area contributed by atoms with Crippen LogP contribution >= 0.6 is 0 Å². The van der Waals surface area contributed by atoms with E-state index in [4.69, 9.17) is 9.98 Å². The molecule has 1 N–H and O–H groups in total. The Morgan fingerprint density at radius 2 is 1.34 bits per heavy atom. The lowest BCUT2D eigenvalue weighted by atomic mass is 9.99. The second kappa shape index (κ2) is 8.99. The second-order valence-corrected chi connectivity index (χ2v) is 8.65.